The summed E-state index contributed by atoms with van der Waals surface area (Å²) in [6.07, 6.45) is 11.7. The van der Waals surface area contributed by atoms with E-state index in [2.05, 4.69) is 26.7 Å². The molecule has 5 nitrogen and oxygen atoms in total. The standard InChI is InChI=1S/C24H41NO4.C8H6/c1-13(4-7-21(25)29)16-5-6-17-22-18(12-20(28)24(16,17)3)23(2)9-8-15(26)10-14(23)11-19(22)27;1-2-8-6-4-3-5-7-8/h13-20,22,26-28H,4-12H2,1-3H3,(H2,25,29);1,3-7H/t13-,14+,15-,16-,17+,18+,19-,20+,22+,23+,24-;/m1./s1. The molecular weight excluding hydrogens is 462 g/mol. The molecule has 4 fully saturated rings. The van der Waals surface area contributed by atoms with E-state index in [0.717, 1.165) is 56.9 Å². The minimum atomic E-state index is -0.369. The fourth-order valence-electron chi connectivity index (χ4n) is 9.24. The van der Waals surface area contributed by atoms with Crippen molar-refractivity contribution in [3.63, 3.8) is 0 Å². The summed E-state index contributed by atoms with van der Waals surface area (Å²) in [6, 6.07) is 9.60. The summed E-state index contributed by atoms with van der Waals surface area (Å²) in [5.74, 6) is 4.25. The van der Waals surface area contributed by atoms with Gasteiger partial charge in [-0.25, -0.2) is 0 Å². The van der Waals surface area contributed by atoms with E-state index in [1.165, 1.54) is 0 Å². The van der Waals surface area contributed by atoms with Crippen LogP contribution in [0.25, 0.3) is 0 Å². The maximum Gasteiger partial charge on any atom is 0.217 e. The predicted octanol–water partition coefficient (Wildman–Crippen LogP) is 4.52. The molecule has 0 heterocycles. The van der Waals surface area contributed by atoms with Gasteiger partial charge in [0.2, 0.25) is 5.91 Å². The molecule has 4 saturated carbocycles. The molecule has 4 aliphatic rings. The molecule has 204 valence electrons. The third-order valence-corrected chi connectivity index (χ3v) is 11.3. The van der Waals surface area contributed by atoms with Crippen molar-refractivity contribution in [2.45, 2.75) is 96.9 Å². The number of aliphatic hydroxyl groups is 3. The van der Waals surface area contributed by atoms with E-state index in [4.69, 9.17) is 12.2 Å². The number of terminal acetylenes is 1. The Morgan fingerprint density at radius 2 is 1.78 bits per heavy atom. The van der Waals surface area contributed by atoms with Gasteiger partial charge in [-0.05, 0) is 110 Å². The highest BCUT2D eigenvalue weighted by atomic mass is 16.3. The van der Waals surface area contributed by atoms with Crippen LogP contribution in [0.1, 0.15) is 84.1 Å². The Hall–Kier alpha value is -1.87. The zero-order valence-corrected chi connectivity index (χ0v) is 22.9. The highest BCUT2D eigenvalue weighted by Gasteiger charge is 2.65. The Morgan fingerprint density at radius 1 is 1.08 bits per heavy atom. The molecule has 0 spiro atoms. The highest BCUT2D eigenvalue weighted by Crippen LogP contribution is 2.68. The van der Waals surface area contributed by atoms with Gasteiger partial charge >= 0.3 is 0 Å². The van der Waals surface area contributed by atoms with E-state index < -0.39 is 0 Å². The first-order chi connectivity index (χ1) is 17.5. The van der Waals surface area contributed by atoms with Crippen molar-refractivity contribution in [2.24, 2.45) is 52.1 Å². The molecule has 0 aliphatic heterocycles. The molecule has 0 saturated heterocycles. The summed E-state index contributed by atoms with van der Waals surface area (Å²) in [5.41, 5.74) is 6.24. The van der Waals surface area contributed by atoms with Crippen molar-refractivity contribution in [2.75, 3.05) is 0 Å². The lowest BCUT2D eigenvalue weighted by Gasteiger charge is -2.63. The number of benzene rings is 1. The van der Waals surface area contributed by atoms with Gasteiger partial charge in [0, 0.05) is 12.0 Å². The lowest BCUT2D eigenvalue weighted by atomic mass is 9.43. The maximum absolute atomic E-state index is 11.5. The van der Waals surface area contributed by atoms with Crippen molar-refractivity contribution >= 4 is 5.91 Å². The molecule has 4 aliphatic carbocycles. The second-order valence-electron chi connectivity index (χ2n) is 13.0. The van der Waals surface area contributed by atoms with Crippen LogP contribution >= 0.6 is 0 Å². The number of nitrogens with two attached hydrogens (primary N) is 1. The molecule has 0 aromatic heterocycles. The Bertz CT molecular complexity index is 975. The number of carbonyl (C=O) groups is 1. The Balaban J connectivity index is 0.000000342. The smallest absolute Gasteiger partial charge is 0.217 e. The fraction of sp³-hybridized carbons (Fsp3) is 0.719. The fourth-order valence-corrected chi connectivity index (χ4v) is 9.24. The first kappa shape index (κ1) is 28.1. The number of aliphatic hydroxyl groups excluding tert-OH is 3. The second kappa shape index (κ2) is 11.1. The first-order valence-corrected chi connectivity index (χ1v) is 14.4. The highest BCUT2D eigenvalue weighted by molar-refractivity contribution is 5.73. The summed E-state index contributed by atoms with van der Waals surface area (Å²) in [5, 5.41) is 33.0. The zero-order valence-electron chi connectivity index (χ0n) is 22.9. The van der Waals surface area contributed by atoms with Crippen LogP contribution in [0.4, 0.5) is 0 Å². The summed E-state index contributed by atoms with van der Waals surface area (Å²) < 4.78 is 0. The van der Waals surface area contributed by atoms with E-state index >= 15 is 0 Å². The van der Waals surface area contributed by atoms with Crippen LogP contribution in [0, 0.1) is 58.7 Å². The van der Waals surface area contributed by atoms with Gasteiger partial charge in [0.05, 0.1) is 18.3 Å². The van der Waals surface area contributed by atoms with E-state index in [1.807, 2.05) is 30.3 Å². The number of hydrogen-bond acceptors (Lipinski definition) is 4. The second-order valence-corrected chi connectivity index (χ2v) is 13.0. The van der Waals surface area contributed by atoms with Crippen LogP contribution in [-0.4, -0.2) is 39.5 Å². The molecule has 1 aromatic rings. The zero-order chi connectivity index (χ0) is 27.0. The molecule has 0 bridgehead atoms. The maximum atomic E-state index is 11.5. The largest absolute Gasteiger partial charge is 0.393 e. The van der Waals surface area contributed by atoms with Crippen LogP contribution in [0.15, 0.2) is 30.3 Å². The first-order valence-electron chi connectivity index (χ1n) is 14.4. The van der Waals surface area contributed by atoms with Crippen LogP contribution in [0.2, 0.25) is 0 Å². The van der Waals surface area contributed by atoms with E-state index in [9.17, 15) is 20.1 Å². The van der Waals surface area contributed by atoms with Gasteiger partial charge in [-0.15, -0.1) is 6.42 Å². The summed E-state index contributed by atoms with van der Waals surface area (Å²) in [6.45, 7) is 6.82. The molecule has 5 heteroatoms. The summed E-state index contributed by atoms with van der Waals surface area (Å²) in [4.78, 5) is 11.3. The number of carbonyl (C=O) groups excluding carboxylic acids is 1. The van der Waals surface area contributed by atoms with Crippen LogP contribution in [0.3, 0.4) is 0 Å². The van der Waals surface area contributed by atoms with Crippen molar-refractivity contribution in [1.29, 1.82) is 0 Å². The molecule has 11 atom stereocenters. The molecule has 5 rings (SSSR count). The summed E-state index contributed by atoms with van der Waals surface area (Å²) >= 11 is 0. The Labute approximate surface area is 223 Å². The number of primary amides is 1. The van der Waals surface area contributed by atoms with Gasteiger partial charge < -0.3 is 21.1 Å². The molecule has 1 aromatic carbocycles. The number of rotatable bonds is 4. The van der Waals surface area contributed by atoms with Gasteiger partial charge in [-0.2, -0.15) is 0 Å². The number of hydrogen-bond donors (Lipinski definition) is 4. The average Bonchev–Trinajstić information content (AvgIpc) is 3.23. The SMILES string of the molecule is C#Cc1ccccc1.C[C@H](CCC(N)=O)[C@H]1CC[C@H]2[C@@H]3[C@H](O)C[C@@H]4C[C@H](O)CC[C@]4(C)[C@H]3C[C@H](O)[C@]12C. The molecule has 37 heavy (non-hydrogen) atoms. The third-order valence-electron chi connectivity index (χ3n) is 11.3. The van der Waals surface area contributed by atoms with Crippen molar-refractivity contribution in [3.05, 3.63) is 35.9 Å². The minimum Gasteiger partial charge on any atom is -0.393 e. The van der Waals surface area contributed by atoms with Gasteiger partial charge in [0.25, 0.3) is 0 Å². The van der Waals surface area contributed by atoms with Crippen LogP contribution in [0.5, 0.6) is 0 Å². The monoisotopic (exact) mass is 509 g/mol. The molecule has 1 amide bonds. The lowest BCUT2D eigenvalue weighted by Crippen LogP contribution is -2.62. The molecule has 5 N–H and O–H groups in total. The Kier molecular flexibility index (Phi) is 8.43. The number of fused-ring (bicyclic) bond motifs is 5. The van der Waals surface area contributed by atoms with E-state index in [0.29, 0.717) is 36.0 Å². The third kappa shape index (κ3) is 5.22. The summed E-state index contributed by atoms with van der Waals surface area (Å²) in [7, 11) is 0. The van der Waals surface area contributed by atoms with E-state index in [-0.39, 0.29) is 41.0 Å². The van der Waals surface area contributed by atoms with Crippen molar-refractivity contribution < 1.29 is 20.1 Å². The molecule has 0 unspecified atom stereocenters. The lowest BCUT2D eigenvalue weighted by molar-refractivity contribution is -0.207. The van der Waals surface area contributed by atoms with Crippen LogP contribution in [-0.2, 0) is 4.79 Å². The minimum absolute atomic E-state index is 0.112. The normalized spacial score (nSPS) is 43.2. The van der Waals surface area contributed by atoms with Crippen molar-refractivity contribution in [3.8, 4) is 12.3 Å². The molecule has 0 radical (unpaired) electrons. The quantitative estimate of drug-likeness (QED) is 0.448. The van der Waals surface area contributed by atoms with E-state index in [1.54, 1.807) is 0 Å². The average molecular weight is 510 g/mol. The predicted molar refractivity (Wildman–Crippen MR) is 146 cm³/mol. The number of amides is 1. The van der Waals surface area contributed by atoms with Crippen molar-refractivity contribution in [1.82, 2.24) is 0 Å². The van der Waals surface area contributed by atoms with Gasteiger partial charge in [-0.1, -0.05) is 44.9 Å². The Morgan fingerprint density at radius 3 is 2.41 bits per heavy atom. The topological polar surface area (TPSA) is 104 Å². The van der Waals surface area contributed by atoms with Gasteiger partial charge in [-0.3, -0.25) is 4.79 Å². The van der Waals surface area contributed by atoms with Gasteiger partial charge in [0.1, 0.15) is 0 Å². The van der Waals surface area contributed by atoms with Crippen LogP contribution < -0.4 is 5.73 Å². The van der Waals surface area contributed by atoms with Gasteiger partial charge in [0.15, 0.2) is 0 Å². The molecular formula is C32H47NO4.